The number of ether oxygens (including phenoxy) is 3. The maximum absolute atomic E-state index is 6.26. The van der Waals surface area contributed by atoms with Gasteiger partial charge in [-0.2, -0.15) is 0 Å². The number of nitrogens with zero attached hydrogens (tertiary/aromatic N) is 1. The van der Waals surface area contributed by atoms with Crippen LogP contribution in [0.1, 0.15) is 70.0 Å². The van der Waals surface area contributed by atoms with Gasteiger partial charge in [0.2, 0.25) is 0 Å². The van der Waals surface area contributed by atoms with Crippen LogP contribution in [-0.4, -0.2) is 42.9 Å². The number of benzene rings is 1. The minimum atomic E-state index is -0.0673. The van der Waals surface area contributed by atoms with Crippen LogP contribution in [0.15, 0.2) is 12.1 Å². The van der Waals surface area contributed by atoms with Crippen LogP contribution in [0.3, 0.4) is 0 Å². The van der Waals surface area contributed by atoms with Gasteiger partial charge in [0.05, 0.1) is 24.9 Å². The number of piperidine rings is 1. The molecule has 2 fully saturated rings. The minimum Gasteiger partial charge on any atom is -0.493 e. The maximum atomic E-state index is 6.26. The molecule has 4 heteroatoms. The lowest BCUT2D eigenvalue weighted by Gasteiger charge is -2.45. The summed E-state index contributed by atoms with van der Waals surface area (Å²) in [4.78, 5) is 2.61. The van der Waals surface area contributed by atoms with Gasteiger partial charge in [-0.1, -0.05) is 0 Å². The molecule has 0 N–H and O–H groups in total. The fourth-order valence-corrected chi connectivity index (χ4v) is 4.53. The second-order valence-electron chi connectivity index (χ2n) is 9.06. The largest absolute Gasteiger partial charge is 0.493 e. The predicted octanol–water partition coefficient (Wildman–Crippen LogP) is 4.50. The Morgan fingerprint density at radius 2 is 1.81 bits per heavy atom. The molecule has 3 aliphatic rings. The van der Waals surface area contributed by atoms with E-state index in [0.717, 1.165) is 43.9 Å². The van der Waals surface area contributed by atoms with Gasteiger partial charge in [0, 0.05) is 19.1 Å². The van der Waals surface area contributed by atoms with E-state index in [-0.39, 0.29) is 5.60 Å². The molecule has 0 aromatic heterocycles. The second kappa shape index (κ2) is 7.05. The Morgan fingerprint density at radius 1 is 1.00 bits per heavy atom. The third-order valence-corrected chi connectivity index (χ3v) is 5.96. The number of rotatable bonds is 4. The first-order chi connectivity index (χ1) is 12.4. The normalized spacial score (nSPS) is 26.6. The van der Waals surface area contributed by atoms with Crippen LogP contribution in [0.25, 0.3) is 0 Å². The molecule has 4 rings (SSSR count). The third kappa shape index (κ3) is 3.72. The van der Waals surface area contributed by atoms with Gasteiger partial charge >= 0.3 is 0 Å². The summed E-state index contributed by atoms with van der Waals surface area (Å²) < 4.78 is 18.1. The molecule has 0 bridgehead atoms. The van der Waals surface area contributed by atoms with Crippen molar-refractivity contribution in [3.63, 3.8) is 0 Å². The zero-order chi connectivity index (χ0) is 18.3. The Hall–Kier alpha value is -1.26. The molecule has 1 saturated heterocycles. The standard InChI is InChI=1S/C22H33NO3/c1-22(2,3)26-17-8-9-19-18-13-20(24-4)21(25-16-6-5-7-16)12-15(18)10-11-23(19)14-17/h12-13,16-17,19H,5-11,14H2,1-4H3. The van der Waals surface area contributed by atoms with Crippen LogP contribution in [0, 0.1) is 0 Å². The smallest absolute Gasteiger partial charge is 0.161 e. The van der Waals surface area contributed by atoms with Crippen molar-refractivity contribution in [2.24, 2.45) is 0 Å². The fraction of sp³-hybridized carbons (Fsp3) is 0.727. The summed E-state index contributed by atoms with van der Waals surface area (Å²) >= 11 is 0. The lowest BCUT2D eigenvalue weighted by Crippen LogP contribution is -2.47. The Labute approximate surface area is 157 Å². The average Bonchev–Trinajstić information content (AvgIpc) is 2.55. The molecule has 1 aromatic rings. The molecule has 2 aliphatic heterocycles. The molecule has 2 atom stereocenters. The van der Waals surface area contributed by atoms with Crippen molar-refractivity contribution >= 4 is 0 Å². The van der Waals surface area contributed by atoms with Gasteiger partial charge in [0.15, 0.2) is 11.5 Å². The maximum Gasteiger partial charge on any atom is 0.161 e. The van der Waals surface area contributed by atoms with Crippen molar-refractivity contribution in [1.82, 2.24) is 4.90 Å². The van der Waals surface area contributed by atoms with Gasteiger partial charge in [-0.05, 0) is 82.6 Å². The molecule has 2 heterocycles. The lowest BCUT2D eigenvalue weighted by atomic mass is 9.85. The van der Waals surface area contributed by atoms with E-state index in [1.165, 1.54) is 30.4 Å². The molecule has 1 aliphatic carbocycles. The summed E-state index contributed by atoms with van der Waals surface area (Å²) in [7, 11) is 1.75. The van der Waals surface area contributed by atoms with Gasteiger partial charge in [-0.3, -0.25) is 4.90 Å². The van der Waals surface area contributed by atoms with Crippen molar-refractivity contribution in [3.8, 4) is 11.5 Å². The highest BCUT2D eigenvalue weighted by atomic mass is 16.5. The van der Waals surface area contributed by atoms with E-state index in [4.69, 9.17) is 14.2 Å². The molecule has 0 radical (unpaired) electrons. The van der Waals surface area contributed by atoms with Crippen molar-refractivity contribution in [1.29, 1.82) is 0 Å². The number of hydrogen-bond acceptors (Lipinski definition) is 4. The van der Waals surface area contributed by atoms with Gasteiger partial charge in [-0.15, -0.1) is 0 Å². The first kappa shape index (κ1) is 18.1. The number of methoxy groups -OCH3 is 1. The van der Waals surface area contributed by atoms with E-state index < -0.39 is 0 Å². The van der Waals surface area contributed by atoms with Crippen LogP contribution in [0.5, 0.6) is 11.5 Å². The molecule has 26 heavy (non-hydrogen) atoms. The Morgan fingerprint density at radius 3 is 2.46 bits per heavy atom. The molecular formula is C22H33NO3. The van der Waals surface area contributed by atoms with E-state index in [1.54, 1.807) is 7.11 Å². The van der Waals surface area contributed by atoms with E-state index >= 15 is 0 Å². The first-order valence-electron chi connectivity index (χ1n) is 10.2. The molecule has 1 saturated carbocycles. The van der Waals surface area contributed by atoms with E-state index in [2.05, 4.69) is 37.8 Å². The topological polar surface area (TPSA) is 30.9 Å². The van der Waals surface area contributed by atoms with Crippen LogP contribution in [-0.2, 0) is 11.2 Å². The van der Waals surface area contributed by atoms with Gasteiger partial charge < -0.3 is 14.2 Å². The summed E-state index contributed by atoms with van der Waals surface area (Å²) in [5.74, 6) is 1.83. The number of fused-ring (bicyclic) bond motifs is 3. The van der Waals surface area contributed by atoms with Crippen molar-refractivity contribution < 1.29 is 14.2 Å². The Kier molecular flexibility index (Phi) is 4.91. The Bertz CT molecular complexity index is 648. The van der Waals surface area contributed by atoms with Crippen molar-refractivity contribution in [2.75, 3.05) is 20.2 Å². The average molecular weight is 360 g/mol. The first-order valence-corrected chi connectivity index (χ1v) is 10.2. The summed E-state index contributed by atoms with van der Waals surface area (Å²) in [6.07, 6.45) is 7.71. The van der Waals surface area contributed by atoms with E-state index in [0.29, 0.717) is 18.2 Å². The summed E-state index contributed by atoms with van der Waals surface area (Å²) in [5, 5.41) is 0. The quantitative estimate of drug-likeness (QED) is 0.792. The summed E-state index contributed by atoms with van der Waals surface area (Å²) in [6.45, 7) is 8.60. The van der Waals surface area contributed by atoms with Gasteiger partial charge in [0.25, 0.3) is 0 Å². The van der Waals surface area contributed by atoms with Gasteiger partial charge in [-0.25, -0.2) is 0 Å². The third-order valence-electron chi connectivity index (χ3n) is 5.96. The summed E-state index contributed by atoms with van der Waals surface area (Å²) in [5.41, 5.74) is 2.81. The van der Waals surface area contributed by atoms with E-state index in [9.17, 15) is 0 Å². The van der Waals surface area contributed by atoms with Gasteiger partial charge in [0.1, 0.15) is 0 Å². The lowest BCUT2D eigenvalue weighted by molar-refractivity contribution is -0.0971. The number of hydrogen-bond donors (Lipinski definition) is 0. The van der Waals surface area contributed by atoms with Crippen LogP contribution in [0.2, 0.25) is 0 Å². The monoisotopic (exact) mass is 359 g/mol. The summed E-state index contributed by atoms with van der Waals surface area (Å²) in [6, 6.07) is 4.98. The molecule has 2 unspecified atom stereocenters. The molecule has 1 aromatic carbocycles. The second-order valence-corrected chi connectivity index (χ2v) is 9.06. The SMILES string of the molecule is COc1cc2c(cc1OC1CCC1)CCN1CC(OC(C)(C)C)CCC21. The predicted molar refractivity (Wildman–Crippen MR) is 103 cm³/mol. The van der Waals surface area contributed by atoms with Crippen LogP contribution < -0.4 is 9.47 Å². The van der Waals surface area contributed by atoms with Crippen molar-refractivity contribution in [2.45, 2.75) is 83.1 Å². The molecule has 0 amide bonds. The zero-order valence-electron chi connectivity index (χ0n) is 16.7. The highest BCUT2D eigenvalue weighted by Crippen LogP contribution is 2.43. The zero-order valence-corrected chi connectivity index (χ0v) is 16.7. The van der Waals surface area contributed by atoms with Crippen LogP contribution >= 0.6 is 0 Å². The minimum absolute atomic E-state index is 0.0673. The van der Waals surface area contributed by atoms with Crippen molar-refractivity contribution in [3.05, 3.63) is 23.3 Å². The van der Waals surface area contributed by atoms with E-state index in [1.807, 2.05) is 0 Å². The fourth-order valence-electron chi connectivity index (χ4n) is 4.53. The molecule has 0 spiro atoms. The molecule has 4 nitrogen and oxygen atoms in total. The Balaban J connectivity index is 1.52. The highest BCUT2D eigenvalue weighted by Gasteiger charge is 2.36. The van der Waals surface area contributed by atoms with Crippen LogP contribution in [0.4, 0.5) is 0 Å². The molecule has 144 valence electrons. The highest BCUT2D eigenvalue weighted by molar-refractivity contribution is 5.49. The molecular weight excluding hydrogens is 326 g/mol.